The molecule has 6 heteroatoms. The quantitative estimate of drug-likeness (QED) is 0.865. The van der Waals surface area contributed by atoms with Gasteiger partial charge in [0.15, 0.2) is 5.76 Å². The highest BCUT2D eigenvalue weighted by molar-refractivity contribution is 5.42. The molecule has 1 aliphatic heterocycles. The Hall–Kier alpha value is -1.66. The molecule has 2 aromatic rings. The Morgan fingerprint density at radius 1 is 1.24 bits per heavy atom. The first kappa shape index (κ1) is 13.0. The third-order valence-corrected chi connectivity index (χ3v) is 4.38. The van der Waals surface area contributed by atoms with E-state index in [2.05, 4.69) is 15.1 Å². The molecule has 2 aliphatic rings. The van der Waals surface area contributed by atoms with Crippen molar-refractivity contribution in [1.29, 1.82) is 0 Å². The Morgan fingerprint density at radius 3 is 3.10 bits per heavy atom. The average Bonchev–Trinajstić information content (AvgIpc) is 3.18. The van der Waals surface area contributed by atoms with Gasteiger partial charge in [-0.05, 0) is 25.0 Å². The Kier molecular flexibility index (Phi) is 3.48. The van der Waals surface area contributed by atoms with E-state index in [0.717, 1.165) is 13.2 Å². The van der Waals surface area contributed by atoms with E-state index < -0.39 is 0 Å². The minimum Gasteiger partial charge on any atom is -0.459 e. The fourth-order valence-corrected chi connectivity index (χ4v) is 3.36. The van der Waals surface area contributed by atoms with E-state index in [9.17, 15) is 0 Å². The lowest BCUT2D eigenvalue weighted by molar-refractivity contribution is -0.0930. The number of rotatable bonds is 3. The maximum Gasteiger partial charge on any atom is 0.283 e. The topological polar surface area (TPSA) is 64.5 Å². The second-order valence-electron chi connectivity index (χ2n) is 5.71. The van der Waals surface area contributed by atoms with Gasteiger partial charge in [-0.2, -0.15) is 0 Å². The van der Waals surface area contributed by atoms with Crippen molar-refractivity contribution in [2.75, 3.05) is 13.2 Å². The summed E-state index contributed by atoms with van der Waals surface area (Å²) in [7, 11) is 0. The molecule has 6 nitrogen and oxygen atoms in total. The van der Waals surface area contributed by atoms with Crippen LogP contribution in [0.15, 0.2) is 27.2 Å². The number of hydrogen-bond donors (Lipinski definition) is 0. The van der Waals surface area contributed by atoms with Crippen molar-refractivity contribution < 1.29 is 13.6 Å². The van der Waals surface area contributed by atoms with E-state index in [1.807, 2.05) is 12.1 Å². The van der Waals surface area contributed by atoms with Crippen LogP contribution in [-0.2, 0) is 11.3 Å². The highest BCUT2D eigenvalue weighted by atomic mass is 16.5. The zero-order valence-corrected chi connectivity index (χ0v) is 11.9. The van der Waals surface area contributed by atoms with Crippen molar-refractivity contribution in [2.24, 2.45) is 0 Å². The lowest BCUT2D eigenvalue weighted by atomic mass is 9.90. The van der Waals surface area contributed by atoms with Crippen LogP contribution in [-0.4, -0.2) is 40.4 Å². The van der Waals surface area contributed by atoms with Gasteiger partial charge in [0, 0.05) is 12.6 Å². The van der Waals surface area contributed by atoms with Gasteiger partial charge >= 0.3 is 0 Å². The molecule has 1 saturated carbocycles. The number of ether oxygens (including phenoxy) is 1. The molecule has 2 aromatic heterocycles. The second kappa shape index (κ2) is 5.61. The molecule has 0 N–H and O–H groups in total. The molecule has 2 unspecified atom stereocenters. The summed E-state index contributed by atoms with van der Waals surface area (Å²) >= 11 is 0. The summed E-state index contributed by atoms with van der Waals surface area (Å²) < 4.78 is 16.9. The number of fused-ring (bicyclic) bond motifs is 1. The minimum atomic E-state index is 0.375. The molecule has 112 valence electrons. The summed E-state index contributed by atoms with van der Waals surface area (Å²) in [6.07, 6.45) is 6.90. The van der Waals surface area contributed by atoms with Crippen molar-refractivity contribution in [3.8, 4) is 11.7 Å². The summed E-state index contributed by atoms with van der Waals surface area (Å²) in [6.45, 7) is 2.41. The third-order valence-electron chi connectivity index (χ3n) is 4.38. The van der Waals surface area contributed by atoms with Crippen LogP contribution in [0.4, 0.5) is 0 Å². The van der Waals surface area contributed by atoms with E-state index >= 15 is 0 Å². The predicted octanol–water partition coefficient (Wildman–Crippen LogP) is 2.47. The number of morpholine rings is 1. The molecule has 3 heterocycles. The average molecular weight is 289 g/mol. The Morgan fingerprint density at radius 2 is 2.19 bits per heavy atom. The summed E-state index contributed by atoms with van der Waals surface area (Å²) in [5.74, 6) is 1.71. The maximum absolute atomic E-state index is 5.89. The van der Waals surface area contributed by atoms with E-state index in [-0.39, 0.29) is 0 Å². The number of aromatic nitrogens is 2. The SMILES string of the molecule is c1coc(-c2nnc(CN3CCOC4CCCCC43)o2)c1. The zero-order valence-electron chi connectivity index (χ0n) is 11.9. The highest BCUT2D eigenvalue weighted by Gasteiger charge is 2.34. The zero-order chi connectivity index (χ0) is 14.1. The fraction of sp³-hybridized carbons (Fsp3) is 0.600. The van der Waals surface area contributed by atoms with E-state index in [1.165, 1.54) is 25.7 Å². The van der Waals surface area contributed by atoms with Crippen LogP contribution in [0, 0.1) is 0 Å². The molecule has 0 aromatic carbocycles. The standard InChI is InChI=1S/C15H19N3O3/c1-2-5-12-11(4-1)18(7-9-20-12)10-14-16-17-15(21-14)13-6-3-8-19-13/h3,6,8,11-12H,1-2,4-5,7,9-10H2. The molecule has 0 bridgehead atoms. The predicted molar refractivity (Wildman–Crippen MR) is 74.4 cm³/mol. The van der Waals surface area contributed by atoms with Gasteiger partial charge in [0.05, 0.1) is 25.5 Å². The smallest absolute Gasteiger partial charge is 0.283 e. The molecule has 2 fully saturated rings. The van der Waals surface area contributed by atoms with Crippen LogP contribution >= 0.6 is 0 Å². The van der Waals surface area contributed by atoms with Crippen molar-refractivity contribution in [3.05, 3.63) is 24.3 Å². The molecular formula is C15H19N3O3. The first-order valence-electron chi connectivity index (χ1n) is 7.62. The monoisotopic (exact) mass is 289 g/mol. The van der Waals surface area contributed by atoms with Crippen LogP contribution < -0.4 is 0 Å². The Labute approximate surface area is 123 Å². The van der Waals surface area contributed by atoms with E-state index in [1.54, 1.807) is 6.26 Å². The first-order valence-corrected chi connectivity index (χ1v) is 7.62. The minimum absolute atomic E-state index is 0.375. The molecule has 1 aliphatic carbocycles. The fourth-order valence-electron chi connectivity index (χ4n) is 3.36. The van der Waals surface area contributed by atoms with Crippen molar-refractivity contribution in [1.82, 2.24) is 15.1 Å². The van der Waals surface area contributed by atoms with Crippen LogP contribution in [0.1, 0.15) is 31.6 Å². The van der Waals surface area contributed by atoms with Gasteiger partial charge in [0.1, 0.15) is 0 Å². The molecule has 2 atom stereocenters. The molecule has 0 radical (unpaired) electrons. The van der Waals surface area contributed by atoms with E-state index in [0.29, 0.717) is 36.2 Å². The Bertz CT molecular complexity index is 579. The normalized spacial score (nSPS) is 26.7. The summed E-state index contributed by atoms with van der Waals surface area (Å²) in [4.78, 5) is 2.42. The van der Waals surface area contributed by atoms with Crippen molar-refractivity contribution >= 4 is 0 Å². The van der Waals surface area contributed by atoms with Gasteiger partial charge in [-0.1, -0.05) is 12.8 Å². The van der Waals surface area contributed by atoms with Gasteiger partial charge in [-0.15, -0.1) is 10.2 Å². The maximum atomic E-state index is 5.89. The largest absolute Gasteiger partial charge is 0.459 e. The molecule has 1 saturated heterocycles. The summed E-state index contributed by atoms with van der Waals surface area (Å²) in [6, 6.07) is 4.13. The molecule has 0 amide bonds. The molecular weight excluding hydrogens is 270 g/mol. The lowest BCUT2D eigenvalue weighted by Crippen LogP contribution is -2.52. The molecule has 21 heavy (non-hydrogen) atoms. The van der Waals surface area contributed by atoms with Crippen LogP contribution in [0.5, 0.6) is 0 Å². The number of furan rings is 1. The van der Waals surface area contributed by atoms with Crippen molar-refractivity contribution in [3.63, 3.8) is 0 Å². The van der Waals surface area contributed by atoms with Crippen molar-refractivity contribution in [2.45, 2.75) is 44.4 Å². The Balaban J connectivity index is 1.47. The molecule has 4 rings (SSSR count). The van der Waals surface area contributed by atoms with Gasteiger partial charge in [0.25, 0.3) is 5.89 Å². The summed E-state index contributed by atoms with van der Waals surface area (Å²) in [5.41, 5.74) is 0. The van der Waals surface area contributed by atoms with E-state index in [4.69, 9.17) is 13.6 Å². The second-order valence-corrected chi connectivity index (χ2v) is 5.71. The molecule has 0 spiro atoms. The van der Waals surface area contributed by atoms with Crippen LogP contribution in [0.3, 0.4) is 0 Å². The third kappa shape index (κ3) is 2.61. The van der Waals surface area contributed by atoms with Gasteiger partial charge in [-0.25, -0.2) is 0 Å². The van der Waals surface area contributed by atoms with Gasteiger partial charge in [-0.3, -0.25) is 4.90 Å². The number of hydrogen-bond acceptors (Lipinski definition) is 6. The number of nitrogens with zero attached hydrogens (tertiary/aromatic N) is 3. The highest BCUT2D eigenvalue weighted by Crippen LogP contribution is 2.29. The van der Waals surface area contributed by atoms with Gasteiger partial charge < -0.3 is 13.6 Å². The summed E-state index contributed by atoms with van der Waals surface area (Å²) in [5, 5.41) is 8.20. The first-order chi connectivity index (χ1) is 10.4. The van der Waals surface area contributed by atoms with Gasteiger partial charge in [0.2, 0.25) is 5.89 Å². The lowest BCUT2D eigenvalue weighted by Gasteiger charge is -2.43. The van der Waals surface area contributed by atoms with Crippen LogP contribution in [0.25, 0.3) is 11.7 Å². The van der Waals surface area contributed by atoms with Crippen LogP contribution in [0.2, 0.25) is 0 Å².